The van der Waals surface area contributed by atoms with Crippen molar-refractivity contribution in [1.82, 2.24) is 4.98 Å². The van der Waals surface area contributed by atoms with E-state index < -0.39 is 18.3 Å². The molecule has 0 amide bonds. The number of aliphatic hydroxyl groups excluding tert-OH is 1. The second-order valence-corrected chi connectivity index (χ2v) is 5.56. The number of anilines is 1. The molecule has 0 radical (unpaired) electrons. The first-order chi connectivity index (χ1) is 8.27. The van der Waals surface area contributed by atoms with Crippen LogP contribution in [0.25, 0.3) is 0 Å². The molecule has 1 aromatic rings. The molecule has 3 N–H and O–H groups in total. The van der Waals surface area contributed by atoms with Gasteiger partial charge in [-0.1, -0.05) is 6.07 Å². The normalized spacial score (nSPS) is 21.3. The zero-order valence-corrected chi connectivity index (χ0v) is 11.2. The van der Waals surface area contributed by atoms with Crippen molar-refractivity contribution >= 4 is 18.4 Å². The standard InChI is InChI=1S/C12H19BN2O3/c1-11(2)12(3,4)18-13(17-11)9-5-8(7-16)10(14)15-6-9/h5-6,16H,7H2,1-4H3,(H2,14,15). The van der Waals surface area contributed by atoms with E-state index in [4.69, 9.17) is 15.0 Å². The number of hydrogen-bond acceptors (Lipinski definition) is 5. The maximum atomic E-state index is 9.19. The summed E-state index contributed by atoms with van der Waals surface area (Å²) in [5, 5.41) is 9.19. The number of nitrogens with two attached hydrogens (primary N) is 1. The van der Waals surface area contributed by atoms with Crippen molar-refractivity contribution in [3.8, 4) is 0 Å². The Morgan fingerprint density at radius 3 is 2.33 bits per heavy atom. The Balaban J connectivity index is 2.30. The Morgan fingerprint density at radius 1 is 1.28 bits per heavy atom. The van der Waals surface area contributed by atoms with E-state index in [-0.39, 0.29) is 6.61 Å². The number of hydrogen-bond donors (Lipinski definition) is 2. The van der Waals surface area contributed by atoms with Gasteiger partial charge in [0.25, 0.3) is 0 Å². The summed E-state index contributed by atoms with van der Waals surface area (Å²) in [6.45, 7) is 7.82. The third-order valence-corrected chi connectivity index (χ3v) is 3.72. The summed E-state index contributed by atoms with van der Waals surface area (Å²) in [6.07, 6.45) is 1.62. The van der Waals surface area contributed by atoms with Gasteiger partial charge in [0, 0.05) is 17.2 Å². The monoisotopic (exact) mass is 250 g/mol. The van der Waals surface area contributed by atoms with Crippen molar-refractivity contribution in [3.63, 3.8) is 0 Å². The molecule has 18 heavy (non-hydrogen) atoms. The lowest BCUT2D eigenvalue weighted by Gasteiger charge is -2.32. The molecule has 1 fully saturated rings. The molecule has 0 aromatic carbocycles. The van der Waals surface area contributed by atoms with E-state index in [0.29, 0.717) is 11.4 Å². The van der Waals surface area contributed by atoms with Crippen LogP contribution in [0, 0.1) is 0 Å². The molecule has 2 rings (SSSR count). The van der Waals surface area contributed by atoms with E-state index in [1.165, 1.54) is 0 Å². The van der Waals surface area contributed by atoms with Crippen molar-refractivity contribution in [1.29, 1.82) is 0 Å². The number of aliphatic hydroxyl groups is 1. The Labute approximate surface area is 107 Å². The Bertz CT molecular complexity index is 447. The van der Waals surface area contributed by atoms with Crippen LogP contribution in [0.5, 0.6) is 0 Å². The summed E-state index contributed by atoms with van der Waals surface area (Å²) >= 11 is 0. The Kier molecular flexibility index (Phi) is 3.13. The lowest BCUT2D eigenvalue weighted by atomic mass is 9.79. The van der Waals surface area contributed by atoms with Gasteiger partial charge in [-0.2, -0.15) is 0 Å². The summed E-state index contributed by atoms with van der Waals surface area (Å²) in [4.78, 5) is 4.05. The molecule has 0 spiro atoms. The first-order valence-electron chi connectivity index (χ1n) is 5.97. The van der Waals surface area contributed by atoms with E-state index in [1.54, 1.807) is 12.3 Å². The van der Waals surface area contributed by atoms with Crippen LogP contribution in [0.2, 0.25) is 0 Å². The highest BCUT2D eigenvalue weighted by atomic mass is 16.7. The van der Waals surface area contributed by atoms with Crippen LogP contribution in [-0.2, 0) is 15.9 Å². The largest absolute Gasteiger partial charge is 0.496 e. The van der Waals surface area contributed by atoms with Gasteiger partial charge in [0.1, 0.15) is 5.82 Å². The minimum atomic E-state index is -0.478. The first kappa shape index (κ1) is 13.3. The topological polar surface area (TPSA) is 77.6 Å². The van der Waals surface area contributed by atoms with Crippen LogP contribution in [-0.4, -0.2) is 28.4 Å². The molecule has 1 aromatic heterocycles. The second-order valence-electron chi connectivity index (χ2n) is 5.56. The first-order valence-corrected chi connectivity index (χ1v) is 5.97. The maximum absolute atomic E-state index is 9.19. The maximum Gasteiger partial charge on any atom is 0.496 e. The average Bonchev–Trinajstić information content (AvgIpc) is 2.49. The van der Waals surface area contributed by atoms with E-state index in [1.807, 2.05) is 27.7 Å². The minimum absolute atomic E-state index is 0.147. The predicted octanol–water partition coefficient (Wildman–Crippen LogP) is 0.455. The van der Waals surface area contributed by atoms with Crippen LogP contribution in [0.15, 0.2) is 12.3 Å². The number of rotatable bonds is 2. The number of pyridine rings is 1. The highest BCUT2D eigenvalue weighted by Crippen LogP contribution is 2.36. The summed E-state index contributed by atoms with van der Waals surface area (Å²) in [6, 6.07) is 1.77. The van der Waals surface area contributed by atoms with Crippen molar-refractivity contribution in [2.24, 2.45) is 0 Å². The van der Waals surface area contributed by atoms with Gasteiger partial charge in [0.15, 0.2) is 0 Å². The molecular weight excluding hydrogens is 231 g/mol. The van der Waals surface area contributed by atoms with E-state index in [0.717, 1.165) is 5.46 Å². The highest BCUT2D eigenvalue weighted by molar-refractivity contribution is 6.62. The second kappa shape index (κ2) is 4.22. The molecular formula is C12H19BN2O3. The van der Waals surface area contributed by atoms with Crippen LogP contribution in [0.4, 0.5) is 5.82 Å². The van der Waals surface area contributed by atoms with Gasteiger partial charge in [-0.15, -0.1) is 0 Å². The fraction of sp³-hybridized carbons (Fsp3) is 0.583. The zero-order chi connectivity index (χ0) is 13.6. The SMILES string of the molecule is CC1(C)OB(c2cnc(N)c(CO)c2)OC1(C)C. The zero-order valence-electron chi connectivity index (χ0n) is 11.2. The minimum Gasteiger partial charge on any atom is -0.399 e. The lowest BCUT2D eigenvalue weighted by molar-refractivity contribution is 0.00578. The third kappa shape index (κ3) is 2.11. The lowest BCUT2D eigenvalue weighted by Crippen LogP contribution is -2.41. The number of nitrogens with zero attached hydrogens (tertiary/aromatic N) is 1. The van der Waals surface area contributed by atoms with Crippen molar-refractivity contribution in [3.05, 3.63) is 17.8 Å². The van der Waals surface area contributed by atoms with Gasteiger partial charge in [-0.25, -0.2) is 4.98 Å². The summed E-state index contributed by atoms with van der Waals surface area (Å²) in [5.74, 6) is 0.331. The average molecular weight is 250 g/mol. The third-order valence-electron chi connectivity index (χ3n) is 3.72. The molecule has 5 nitrogen and oxygen atoms in total. The fourth-order valence-corrected chi connectivity index (χ4v) is 1.77. The van der Waals surface area contributed by atoms with Crippen LogP contribution >= 0.6 is 0 Å². The molecule has 0 unspecified atom stereocenters. The van der Waals surface area contributed by atoms with Crippen molar-refractivity contribution < 1.29 is 14.4 Å². The Morgan fingerprint density at radius 2 is 1.83 bits per heavy atom. The molecule has 1 saturated heterocycles. The molecule has 0 saturated carbocycles. The van der Waals surface area contributed by atoms with Gasteiger partial charge >= 0.3 is 7.12 Å². The highest BCUT2D eigenvalue weighted by Gasteiger charge is 2.51. The Hall–Kier alpha value is -1.11. The van der Waals surface area contributed by atoms with Gasteiger partial charge < -0.3 is 20.1 Å². The molecule has 0 atom stereocenters. The van der Waals surface area contributed by atoms with Gasteiger partial charge in [-0.3, -0.25) is 0 Å². The van der Waals surface area contributed by atoms with E-state index >= 15 is 0 Å². The van der Waals surface area contributed by atoms with Gasteiger partial charge in [-0.05, 0) is 27.7 Å². The predicted molar refractivity (Wildman–Crippen MR) is 70.3 cm³/mol. The molecule has 0 bridgehead atoms. The van der Waals surface area contributed by atoms with Crippen LogP contribution in [0.3, 0.4) is 0 Å². The molecule has 6 heteroatoms. The van der Waals surface area contributed by atoms with Crippen LogP contribution in [0.1, 0.15) is 33.3 Å². The molecule has 1 aliphatic heterocycles. The molecule has 0 aliphatic carbocycles. The summed E-state index contributed by atoms with van der Waals surface area (Å²) in [5.41, 5.74) is 6.23. The molecule has 2 heterocycles. The van der Waals surface area contributed by atoms with Crippen molar-refractivity contribution in [2.75, 3.05) is 5.73 Å². The quantitative estimate of drug-likeness (QED) is 0.745. The summed E-state index contributed by atoms with van der Waals surface area (Å²) < 4.78 is 11.8. The molecule has 98 valence electrons. The smallest absolute Gasteiger partial charge is 0.399 e. The van der Waals surface area contributed by atoms with Crippen molar-refractivity contribution in [2.45, 2.75) is 45.5 Å². The van der Waals surface area contributed by atoms with Gasteiger partial charge in [0.2, 0.25) is 0 Å². The van der Waals surface area contributed by atoms with E-state index in [2.05, 4.69) is 4.98 Å². The fourth-order valence-electron chi connectivity index (χ4n) is 1.77. The van der Waals surface area contributed by atoms with E-state index in [9.17, 15) is 5.11 Å². The summed E-state index contributed by atoms with van der Waals surface area (Å²) in [7, 11) is -0.478. The number of aromatic nitrogens is 1. The number of nitrogen functional groups attached to an aromatic ring is 1. The van der Waals surface area contributed by atoms with Gasteiger partial charge in [0.05, 0.1) is 17.8 Å². The van der Waals surface area contributed by atoms with Crippen LogP contribution < -0.4 is 11.2 Å². The molecule has 1 aliphatic rings.